The van der Waals surface area contributed by atoms with Gasteiger partial charge in [-0.3, -0.25) is 9.59 Å². The van der Waals surface area contributed by atoms with Crippen LogP contribution in [0.25, 0.3) is 5.76 Å². The quantitative estimate of drug-likeness (QED) is 0.310. The summed E-state index contributed by atoms with van der Waals surface area (Å²) in [7, 11) is 5.30. The first-order valence-corrected chi connectivity index (χ1v) is 12.2. The molecule has 1 fully saturated rings. The lowest BCUT2D eigenvalue weighted by Gasteiger charge is -2.26. The van der Waals surface area contributed by atoms with Gasteiger partial charge in [0.05, 0.1) is 23.2 Å². The van der Waals surface area contributed by atoms with E-state index in [0.29, 0.717) is 35.0 Å². The van der Waals surface area contributed by atoms with Crippen molar-refractivity contribution < 1.29 is 29.3 Å². The first-order valence-electron chi connectivity index (χ1n) is 11.4. The summed E-state index contributed by atoms with van der Waals surface area (Å²) in [5.74, 6) is -0.802. The molecule has 2 heterocycles. The van der Waals surface area contributed by atoms with Crippen molar-refractivity contribution in [2.75, 3.05) is 34.3 Å². The maximum Gasteiger partial charge on any atom is 0.295 e. The van der Waals surface area contributed by atoms with Gasteiger partial charge in [0, 0.05) is 18.5 Å². The highest BCUT2D eigenvalue weighted by molar-refractivity contribution is 9.10. The fraction of sp³-hybridized carbons (Fsp3) is 0.385. The zero-order valence-corrected chi connectivity index (χ0v) is 21.8. The molecule has 0 bridgehead atoms. The zero-order chi connectivity index (χ0) is 25.4. The molecule has 35 heavy (non-hydrogen) atoms. The van der Waals surface area contributed by atoms with Gasteiger partial charge in [0.25, 0.3) is 11.7 Å². The first-order chi connectivity index (χ1) is 16.6. The number of amides is 1. The van der Waals surface area contributed by atoms with E-state index >= 15 is 0 Å². The van der Waals surface area contributed by atoms with Crippen molar-refractivity contribution in [1.29, 1.82) is 0 Å². The number of carbonyl (C=O) groups excluding carboxylic acids is 2. The highest BCUT2D eigenvalue weighted by atomic mass is 79.9. The number of hydrogen-bond acceptors (Lipinski definition) is 7. The molecular weight excluding hydrogens is 516 g/mol. The Morgan fingerprint density at radius 1 is 1.26 bits per heavy atom. The van der Waals surface area contributed by atoms with Crippen molar-refractivity contribution in [3.05, 3.63) is 57.1 Å². The van der Waals surface area contributed by atoms with Gasteiger partial charge in [-0.2, -0.15) is 0 Å². The monoisotopic (exact) mass is 544 g/mol. The molecule has 0 unspecified atom stereocenters. The molecule has 0 saturated carbocycles. The van der Waals surface area contributed by atoms with Gasteiger partial charge in [-0.05, 0) is 91.4 Å². The normalized spacial score (nSPS) is 20.9. The van der Waals surface area contributed by atoms with Crippen molar-refractivity contribution in [2.45, 2.75) is 31.9 Å². The second-order valence-electron chi connectivity index (χ2n) is 9.16. The van der Waals surface area contributed by atoms with Gasteiger partial charge in [0.1, 0.15) is 17.6 Å². The molecule has 2 N–H and O–H groups in total. The third kappa shape index (κ3) is 4.75. The standard InChI is InChI=1S/C26H29BrN2O6/c1-14-10-16-11-15(6-7-19(16)35-14)23(30)21-22(17-12-18(27)24(31)20(13-17)34-4)29(26(33)25(21)32)9-5-8-28(2)3/h6-7,11-14,22,30-31H,5,8-10H2,1-4H3/b23-21+/t14-,22+/m0/s1. The number of phenolic OH excluding ortho intramolecular Hbond substituents is 1. The van der Waals surface area contributed by atoms with E-state index in [0.717, 1.165) is 17.9 Å². The van der Waals surface area contributed by atoms with E-state index in [9.17, 15) is 19.8 Å². The number of phenols is 1. The predicted octanol–water partition coefficient (Wildman–Crippen LogP) is 3.86. The Kier molecular flexibility index (Phi) is 7.10. The number of aromatic hydroxyl groups is 1. The van der Waals surface area contributed by atoms with E-state index < -0.39 is 17.7 Å². The molecule has 0 aliphatic carbocycles. The Morgan fingerprint density at radius 3 is 2.69 bits per heavy atom. The Morgan fingerprint density at radius 2 is 2.00 bits per heavy atom. The summed E-state index contributed by atoms with van der Waals surface area (Å²) in [6, 6.07) is 7.65. The lowest BCUT2D eigenvalue weighted by molar-refractivity contribution is -0.139. The molecule has 2 aromatic rings. The smallest absolute Gasteiger partial charge is 0.295 e. The lowest BCUT2D eigenvalue weighted by Crippen LogP contribution is -2.32. The van der Waals surface area contributed by atoms with Crippen molar-refractivity contribution in [3.8, 4) is 17.2 Å². The van der Waals surface area contributed by atoms with Crippen molar-refractivity contribution in [1.82, 2.24) is 9.80 Å². The van der Waals surface area contributed by atoms with E-state index in [4.69, 9.17) is 9.47 Å². The van der Waals surface area contributed by atoms with Gasteiger partial charge in [0.15, 0.2) is 11.5 Å². The third-order valence-corrected chi connectivity index (χ3v) is 6.90. The summed E-state index contributed by atoms with van der Waals surface area (Å²) in [5.41, 5.74) is 1.93. The maximum atomic E-state index is 13.3. The number of Topliss-reactive ketones (excluding diaryl/α,β-unsaturated/α-hetero) is 1. The fourth-order valence-corrected chi connectivity index (χ4v) is 5.11. The number of nitrogens with zero attached hydrogens (tertiary/aromatic N) is 2. The molecular formula is C26H29BrN2O6. The largest absolute Gasteiger partial charge is 0.507 e. The Labute approximate surface area is 212 Å². The highest BCUT2D eigenvalue weighted by Crippen LogP contribution is 2.44. The summed E-state index contributed by atoms with van der Waals surface area (Å²) in [5, 5.41) is 21.7. The van der Waals surface area contributed by atoms with E-state index in [1.54, 1.807) is 30.3 Å². The Balaban J connectivity index is 1.84. The minimum absolute atomic E-state index is 0.00593. The molecule has 186 valence electrons. The molecule has 8 nitrogen and oxygen atoms in total. The number of ether oxygens (including phenoxy) is 2. The molecule has 9 heteroatoms. The maximum absolute atomic E-state index is 13.3. The van der Waals surface area contributed by atoms with Crippen molar-refractivity contribution in [3.63, 3.8) is 0 Å². The number of aliphatic hydroxyl groups excluding tert-OH is 1. The number of methoxy groups -OCH3 is 1. The number of ketones is 1. The number of rotatable bonds is 7. The molecule has 0 aromatic heterocycles. The van der Waals surface area contributed by atoms with Gasteiger partial charge in [-0.25, -0.2) is 0 Å². The zero-order valence-electron chi connectivity index (χ0n) is 20.2. The molecule has 1 amide bonds. The third-order valence-electron chi connectivity index (χ3n) is 6.30. The summed E-state index contributed by atoms with van der Waals surface area (Å²) in [4.78, 5) is 29.9. The van der Waals surface area contributed by atoms with E-state index in [-0.39, 0.29) is 28.9 Å². The van der Waals surface area contributed by atoms with Gasteiger partial charge in [0.2, 0.25) is 0 Å². The summed E-state index contributed by atoms with van der Waals surface area (Å²) >= 11 is 3.33. The van der Waals surface area contributed by atoms with Crippen LogP contribution in [0.1, 0.15) is 36.1 Å². The number of aliphatic hydroxyl groups is 1. The van der Waals surface area contributed by atoms with Crippen molar-refractivity contribution >= 4 is 33.4 Å². The molecule has 4 rings (SSSR count). The summed E-state index contributed by atoms with van der Waals surface area (Å²) in [6.45, 7) is 3.01. The van der Waals surface area contributed by atoms with E-state index in [1.165, 1.54) is 12.0 Å². The van der Waals surface area contributed by atoms with Crippen LogP contribution in [-0.4, -0.2) is 72.1 Å². The molecule has 2 aliphatic heterocycles. The van der Waals surface area contributed by atoms with Gasteiger partial charge >= 0.3 is 0 Å². The molecule has 2 atom stereocenters. The number of halogens is 1. The number of carbonyl (C=O) groups is 2. The Hall–Kier alpha value is -3.04. The number of fused-ring (bicyclic) bond motifs is 1. The first kappa shape index (κ1) is 25.1. The van der Waals surface area contributed by atoms with Crippen molar-refractivity contribution in [2.24, 2.45) is 0 Å². The molecule has 1 saturated heterocycles. The average molecular weight is 545 g/mol. The van der Waals surface area contributed by atoms with E-state index in [1.807, 2.05) is 25.9 Å². The van der Waals surface area contributed by atoms with Crippen LogP contribution in [0, 0.1) is 0 Å². The van der Waals surface area contributed by atoms with Crippen LogP contribution >= 0.6 is 15.9 Å². The Bertz CT molecular complexity index is 1210. The molecule has 2 aromatic carbocycles. The predicted molar refractivity (Wildman–Crippen MR) is 135 cm³/mol. The number of benzene rings is 2. The number of hydrogen-bond donors (Lipinski definition) is 2. The average Bonchev–Trinajstić information content (AvgIpc) is 3.31. The van der Waals surface area contributed by atoms with Gasteiger partial charge < -0.3 is 29.5 Å². The van der Waals surface area contributed by atoms with Gasteiger partial charge in [-0.1, -0.05) is 0 Å². The van der Waals surface area contributed by atoms with Crippen LogP contribution in [0.15, 0.2) is 40.4 Å². The number of likely N-dealkylation sites (tertiary alicyclic amines) is 1. The highest BCUT2D eigenvalue weighted by Gasteiger charge is 2.46. The topological polar surface area (TPSA) is 99.5 Å². The molecule has 0 radical (unpaired) electrons. The van der Waals surface area contributed by atoms with Crippen LogP contribution in [0.4, 0.5) is 0 Å². The summed E-state index contributed by atoms with van der Waals surface area (Å²) in [6.07, 6.45) is 1.37. The minimum Gasteiger partial charge on any atom is -0.507 e. The fourth-order valence-electron chi connectivity index (χ4n) is 4.65. The minimum atomic E-state index is -0.841. The van der Waals surface area contributed by atoms with Crippen LogP contribution in [0.2, 0.25) is 0 Å². The van der Waals surface area contributed by atoms with Gasteiger partial charge in [-0.15, -0.1) is 0 Å². The van der Waals surface area contributed by atoms with Crippen LogP contribution in [0.3, 0.4) is 0 Å². The molecule has 0 spiro atoms. The van der Waals surface area contributed by atoms with Crippen LogP contribution < -0.4 is 9.47 Å². The molecule has 2 aliphatic rings. The second-order valence-corrected chi connectivity index (χ2v) is 10.0. The van der Waals surface area contributed by atoms with E-state index in [2.05, 4.69) is 15.9 Å². The summed E-state index contributed by atoms with van der Waals surface area (Å²) < 4.78 is 11.4. The second kappa shape index (κ2) is 9.91. The lowest BCUT2D eigenvalue weighted by atomic mass is 9.94. The SMILES string of the molecule is COc1cc([C@@H]2/C(=C(\O)c3ccc4c(c3)C[C@H](C)O4)C(=O)C(=O)N2CCCN(C)C)cc(Br)c1O. The van der Waals surface area contributed by atoms with Crippen LogP contribution in [-0.2, 0) is 16.0 Å². The van der Waals surface area contributed by atoms with Crippen LogP contribution in [0.5, 0.6) is 17.2 Å².